The van der Waals surface area contributed by atoms with E-state index in [1.165, 1.54) is 104 Å². The van der Waals surface area contributed by atoms with Gasteiger partial charge in [-0.05, 0) is 77.9 Å². The quantitative estimate of drug-likeness (QED) is 0.181. The standard InChI is InChI=1S/C48H29N3/c1-2-11-32(12-3-1)49-42-18-7-4-13-34(42)37-24-21-31(28-47(37)49)30-22-25-45-40(27-30)36-15-6-8-19-43(36)50(45)33-23-26-46-41(29-33)39-17-10-16-38-35-14-5-9-20-44(35)51(46)48(38)39/h1-29H. The Hall–Kier alpha value is -6.84. The number of rotatable bonds is 3. The molecule has 0 bridgehead atoms. The Balaban J connectivity index is 1.07. The van der Waals surface area contributed by atoms with Gasteiger partial charge in [-0.3, -0.25) is 0 Å². The van der Waals surface area contributed by atoms with Crippen molar-refractivity contribution in [2.45, 2.75) is 0 Å². The molecule has 0 atom stereocenters. The lowest BCUT2D eigenvalue weighted by Gasteiger charge is -2.10. The zero-order chi connectivity index (χ0) is 33.2. The Kier molecular flexibility index (Phi) is 5.23. The number of fused-ring (bicyclic) bond motifs is 12. The first kappa shape index (κ1) is 27.0. The maximum atomic E-state index is 2.45. The second kappa shape index (κ2) is 9.87. The molecular weight excluding hydrogens is 619 g/mol. The van der Waals surface area contributed by atoms with Gasteiger partial charge in [0.05, 0.1) is 38.6 Å². The van der Waals surface area contributed by atoms with Crippen LogP contribution in [0.1, 0.15) is 0 Å². The summed E-state index contributed by atoms with van der Waals surface area (Å²) in [4.78, 5) is 0. The van der Waals surface area contributed by atoms with Crippen molar-refractivity contribution in [2.24, 2.45) is 0 Å². The van der Waals surface area contributed by atoms with Crippen LogP contribution in [0.5, 0.6) is 0 Å². The summed E-state index contributed by atoms with van der Waals surface area (Å²) in [6.45, 7) is 0. The lowest BCUT2D eigenvalue weighted by Crippen LogP contribution is -1.94. The molecule has 3 heteroatoms. The summed E-state index contributed by atoms with van der Waals surface area (Å²) in [5.41, 5.74) is 13.4. The van der Waals surface area contributed by atoms with Crippen molar-refractivity contribution in [1.29, 1.82) is 0 Å². The van der Waals surface area contributed by atoms with Gasteiger partial charge < -0.3 is 13.5 Å². The molecule has 0 aliphatic heterocycles. The van der Waals surface area contributed by atoms with Gasteiger partial charge in [0, 0.05) is 54.5 Å². The van der Waals surface area contributed by atoms with Crippen LogP contribution in [0.3, 0.4) is 0 Å². The van der Waals surface area contributed by atoms with E-state index in [0.29, 0.717) is 0 Å². The number of nitrogens with zero attached hydrogens (tertiary/aromatic N) is 3. The van der Waals surface area contributed by atoms with Crippen LogP contribution >= 0.6 is 0 Å². The van der Waals surface area contributed by atoms with Crippen LogP contribution in [0.15, 0.2) is 176 Å². The fraction of sp³-hybridized carbons (Fsp3) is 0. The topological polar surface area (TPSA) is 14.3 Å². The number of benzene rings is 8. The molecule has 0 unspecified atom stereocenters. The van der Waals surface area contributed by atoms with Crippen molar-refractivity contribution in [2.75, 3.05) is 0 Å². The second-order valence-electron chi connectivity index (χ2n) is 13.8. The molecule has 51 heavy (non-hydrogen) atoms. The first-order valence-electron chi connectivity index (χ1n) is 17.6. The summed E-state index contributed by atoms with van der Waals surface area (Å²) in [5, 5.41) is 10.3. The van der Waals surface area contributed by atoms with Crippen LogP contribution in [-0.2, 0) is 0 Å². The Labute approximate surface area is 292 Å². The number of aromatic nitrogens is 3. The zero-order valence-electron chi connectivity index (χ0n) is 27.6. The fourth-order valence-electron chi connectivity index (χ4n) is 9.00. The number of para-hydroxylation sites is 5. The highest BCUT2D eigenvalue weighted by Gasteiger charge is 2.20. The summed E-state index contributed by atoms with van der Waals surface area (Å²) >= 11 is 0. The number of hydrogen-bond acceptors (Lipinski definition) is 0. The highest BCUT2D eigenvalue weighted by molar-refractivity contribution is 6.23. The SMILES string of the molecule is c1ccc(-n2c3ccccc3c3ccc(-c4ccc5c(c4)c4ccccc4n5-c4ccc5c(c4)c4cccc6c7ccccc7n5c64)cc32)cc1. The molecule has 4 aromatic heterocycles. The Bertz CT molecular complexity index is 3360. The maximum absolute atomic E-state index is 2.45. The summed E-state index contributed by atoms with van der Waals surface area (Å²) in [6, 6.07) is 64.7. The van der Waals surface area contributed by atoms with Crippen LogP contribution < -0.4 is 0 Å². The molecule has 8 aromatic carbocycles. The average molecular weight is 648 g/mol. The summed E-state index contributed by atoms with van der Waals surface area (Å²) in [7, 11) is 0. The van der Waals surface area contributed by atoms with Gasteiger partial charge in [-0.2, -0.15) is 0 Å². The van der Waals surface area contributed by atoms with Crippen LogP contribution in [0.25, 0.3) is 104 Å². The second-order valence-corrected chi connectivity index (χ2v) is 13.8. The molecule has 0 fully saturated rings. The highest BCUT2D eigenvalue weighted by Crippen LogP contribution is 2.42. The van der Waals surface area contributed by atoms with E-state index in [-0.39, 0.29) is 0 Å². The summed E-state index contributed by atoms with van der Waals surface area (Å²) in [5.74, 6) is 0. The molecular formula is C48H29N3. The van der Waals surface area contributed by atoms with Crippen molar-refractivity contribution in [3.63, 3.8) is 0 Å². The van der Waals surface area contributed by atoms with Crippen LogP contribution in [0.2, 0.25) is 0 Å². The fourth-order valence-corrected chi connectivity index (χ4v) is 9.00. The normalized spacial score (nSPS) is 12.3. The third kappa shape index (κ3) is 3.57. The molecule has 236 valence electrons. The Morgan fingerprint density at radius 3 is 1.53 bits per heavy atom. The summed E-state index contributed by atoms with van der Waals surface area (Å²) in [6.07, 6.45) is 0. The van der Waals surface area contributed by atoms with E-state index >= 15 is 0 Å². The van der Waals surface area contributed by atoms with E-state index in [4.69, 9.17) is 0 Å². The molecule has 0 N–H and O–H groups in total. The van der Waals surface area contributed by atoms with Crippen LogP contribution in [0.4, 0.5) is 0 Å². The predicted molar refractivity (Wildman–Crippen MR) is 215 cm³/mol. The predicted octanol–water partition coefficient (Wildman–Crippen LogP) is 12.7. The van der Waals surface area contributed by atoms with E-state index in [1.807, 2.05) is 0 Å². The van der Waals surface area contributed by atoms with Crippen LogP contribution in [0, 0.1) is 0 Å². The monoisotopic (exact) mass is 647 g/mol. The highest BCUT2D eigenvalue weighted by atomic mass is 15.0. The third-order valence-electron chi connectivity index (χ3n) is 11.2. The minimum Gasteiger partial charge on any atom is -0.309 e. The Morgan fingerprint density at radius 1 is 0.255 bits per heavy atom. The van der Waals surface area contributed by atoms with Gasteiger partial charge in [-0.15, -0.1) is 0 Å². The molecule has 3 nitrogen and oxygen atoms in total. The average Bonchev–Trinajstić information content (AvgIpc) is 3.92. The van der Waals surface area contributed by atoms with Gasteiger partial charge in [-0.25, -0.2) is 0 Å². The lowest BCUT2D eigenvalue weighted by molar-refractivity contribution is 1.18. The molecule has 0 spiro atoms. The van der Waals surface area contributed by atoms with Gasteiger partial charge in [0.1, 0.15) is 0 Å². The maximum Gasteiger partial charge on any atom is 0.0620 e. The molecule has 4 heterocycles. The van der Waals surface area contributed by atoms with E-state index in [0.717, 1.165) is 0 Å². The van der Waals surface area contributed by atoms with Crippen molar-refractivity contribution >= 4 is 81.7 Å². The molecule has 12 aromatic rings. The van der Waals surface area contributed by atoms with Gasteiger partial charge in [0.2, 0.25) is 0 Å². The molecule has 0 aliphatic carbocycles. The molecule has 0 saturated heterocycles. The smallest absolute Gasteiger partial charge is 0.0620 e. The van der Waals surface area contributed by atoms with E-state index in [2.05, 4.69) is 189 Å². The van der Waals surface area contributed by atoms with Gasteiger partial charge in [-0.1, -0.05) is 109 Å². The minimum atomic E-state index is 1.17. The Morgan fingerprint density at radius 2 is 0.745 bits per heavy atom. The van der Waals surface area contributed by atoms with Crippen molar-refractivity contribution in [3.8, 4) is 22.5 Å². The van der Waals surface area contributed by atoms with E-state index in [9.17, 15) is 0 Å². The van der Waals surface area contributed by atoms with E-state index in [1.54, 1.807) is 0 Å². The molecule has 0 aliphatic rings. The molecule has 0 saturated carbocycles. The molecule has 12 rings (SSSR count). The third-order valence-corrected chi connectivity index (χ3v) is 11.2. The largest absolute Gasteiger partial charge is 0.309 e. The van der Waals surface area contributed by atoms with Crippen molar-refractivity contribution in [1.82, 2.24) is 13.5 Å². The van der Waals surface area contributed by atoms with Gasteiger partial charge >= 0.3 is 0 Å². The molecule has 0 amide bonds. The zero-order valence-corrected chi connectivity index (χ0v) is 27.6. The van der Waals surface area contributed by atoms with E-state index < -0.39 is 0 Å². The first-order chi connectivity index (χ1) is 25.3. The van der Waals surface area contributed by atoms with Crippen LogP contribution in [-0.4, -0.2) is 13.5 Å². The van der Waals surface area contributed by atoms with Crippen molar-refractivity contribution in [3.05, 3.63) is 176 Å². The first-order valence-corrected chi connectivity index (χ1v) is 17.6. The minimum absolute atomic E-state index is 1.17. The van der Waals surface area contributed by atoms with Gasteiger partial charge in [0.25, 0.3) is 0 Å². The molecule has 0 radical (unpaired) electrons. The number of hydrogen-bond donors (Lipinski definition) is 0. The summed E-state index contributed by atoms with van der Waals surface area (Å²) < 4.78 is 7.29. The lowest BCUT2D eigenvalue weighted by atomic mass is 10.0. The van der Waals surface area contributed by atoms with Gasteiger partial charge in [0.15, 0.2) is 0 Å². The van der Waals surface area contributed by atoms with Crippen molar-refractivity contribution < 1.29 is 0 Å².